The molecule has 1 N–H and O–H groups in total. The summed E-state index contributed by atoms with van der Waals surface area (Å²) in [6, 6.07) is 2.36. The van der Waals surface area contributed by atoms with Crippen molar-refractivity contribution in [2.24, 2.45) is 0 Å². The van der Waals surface area contributed by atoms with E-state index in [-0.39, 0.29) is 6.04 Å². The molecule has 0 spiro atoms. The third-order valence-electron chi connectivity index (χ3n) is 3.09. The van der Waals surface area contributed by atoms with Crippen molar-refractivity contribution in [3.63, 3.8) is 0 Å². The average molecular weight is 304 g/mol. The van der Waals surface area contributed by atoms with Crippen molar-refractivity contribution in [3.8, 4) is 0 Å². The smallest absolute Gasteiger partial charge is 0.241 e. The van der Waals surface area contributed by atoms with Crippen LogP contribution in [0.4, 0.5) is 4.39 Å². The molecule has 106 valence electrons. The van der Waals surface area contributed by atoms with E-state index in [1.807, 2.05) is 11.8 Å². The van der Waals surface area contributed by atoms with Gasteiger partial charge in [-0.25, -0.2) is 22.5 Å². The first-order valence-electron chi connectivity index (χ1n) is 6.27. The number of aromatic nitrogens is 1. The molecule has 1 aliphatic carbocycles. The molecule has 0 aromatic carbocycles. The highest BCUT2D eigenvalue weighted by Crippen LogP contribution is 2.30. The Balaban J connectivity index is 2.05. The molecule has 1 aromatic rings. The van der Waals surface area contributed by atoms with Crippen molar-refractivity contribution in [1.29, 1.82) is 0 Å². The number of hydrogen-bond donors (Lipinski definition) is 1. The normalized spacial score (nSPS) is 23.7. The van der Waals surface area contributed by atoms with Gasteiger partial charge in [0.25, 0.3) is 10.0 Å². The second kappa shape index (κ2) is 6.19. The van der Waals surface area contributed by atoms with Gasteiger partial charge in [0.15, 0.2) is 5.82 Å². The zero-order valence-corrected chi connectivity index (χ0v) is 12.3. The van der Waals surface area contributed by atoms with Crippen LogP contribution in [0.15, 0.2) is 23.4 Å². The second-order valence-corrected chi connectivity index (χ2v) is 7.71. The minimum atomic E-state index is -3.86. The summed E-state index contributed by atoms with van der Waals surface area (Å²) in [5, 5.41) is -0.0205. The first-order valence-corrected chi connectivity index (χ1v) is 8.80. The topological polar surface area (TPSA) is 59.1 Å². The lowest BCUT2D eigenvalue weighted by molar-refractivity contribution is 0.527. The van der Waals surface area contributed by atoms with Crippen LogP contribution in [0.2, 0.25) is 0 Å². The van der Waals surface area contributed by atoms with E-state index in [4.69, 9.17) is 0 Å². The first-order chi connectivity index (χ1) is 9.03. The van der Waals surface area contributed by atoms with Crippen molar-refractivity contribution < 1.29 is 12.8 Å². The Morgan fingerprint density at radius 2 is 2.32 bits per heavy atom. The number of hydrogen-bond acceptors (Lipinski definition) is 4. The highest BCUT2D eigenvalue weighted by Gasteiger charge is 2.30. The predicted molar refractivity (Wildman–Crippen MR) is 74.1 cm³/mol. The Kier molecular flexibility index (Phi) is 4.81. The first kappa shape index (κ1) is 14.7. The largest absolute Gasteiger partial charge is 0.261 e. The van der Waals surface area contributed by atoms with Gasteiger partial charge in [-0.15, -0.1) is 0 Å². The summed E-state index contributed by atoms with van der Waals surface area (Å²) in [6.45, 7) is 2.09. The third kappa shape index (κ3) is 3.67. The molecule has 1 aromatic heterocycles. The molecule has 1 heterocycles. The van der Waals surface area contributed by atoms with Crippen molar-refractivity contribution in [2.45, 2.75) is 42.5 Å². The van der Waals surface area contributed by atoms with Gasteiger partial charge < -0.3 is 0 Å². The Bertz CT molecular complexity index is 536. The van der Waals surface area contributed by atoms with E-state index >= 15 is 0 Å². The summed E-state index contributed by atoms with van der Waals surface area (Å²) in [5.74, 6) is 0.214. The van der Waals surface area contributed by atoms with Gasteiger partial charge in [0, 0.05) is 17.5 Å². The summed E-state index contributed by atoms with van der Waals surface area (Å²) in [5.41, 5.74) is 0. The maximum Gasteiger partial charge on any atom is 0.261 e. The fourth-order valence-electron chi connectivity index (χ4n) is 2.28. The van der Waals surface area contributed by atoms with E-state index in [1.165, 1.54) is 12.3 Å². The molecule has 0 saturated heterocycles. The van der Waals surface area contributed by atoms with E-state index < -0.39 is 20.9 Å². The van der Waals surface area contributed by atoms with E-state index in [0.29, 0.717) is 5.25 Å². The van der Waals surface area contributed by atoms with Crippen LogP contribution in [-0.2, 0) is 10.0 Å². The van der Waals surface area contributed by atoms with Crippen molar-refractivity contribution in [3.05, 3.63) is 24.1 Å². The minimum absolute atomic E-state index is 0.115. The standard InChI is InChI=1S/C12H17FN2O2S2/c1-2-18-10-6-5-9(8-10)15-19(16,17)12-11(13)4-3-7-14-12/h3-4,7,9-10,15H,2,5-6,8H2,1H3. The maximum atomic E-state index is 13.5. The lowest BCUT2D eigenvalue weighted by Crippen LogP contribution is -2.34. The van der Waals surface area contributed by atoms with Gasteiger partial charge in [0.2, 0.25) is 5.03 Å². The van der Waals surface area contributed by atoms with Gasteiger partial charge in [-0.3, -0.25) is 0 Å². The molecule has 1 saturated carbocycles. The predicted octanol–water partition coefficient (Wildman–Crippen LogP) is 2.17. The molecular formula is C12H17FN2O2S2. The number of sulfonamides is 1. The number of rotatable bonds is 5. The van der Waals surface area contributed by atoms with E-state index in [0.717, 1.165) is 31.1 Å². The van der Waals surface area contributed by atoms with Crippen LogP contribution in [0.5, 0.6) is 0 Å². The van der Waals surface area contributed by atoms with Crippen LogP contribution in [0, 0.1) is 5.82 Å². The minimum Gasteiger partial charge on any atom is -0.241 e. The summed E-state index contributed by atoms with van der Waals surface area (Å²) in [6.07, 6.45) is 3.87. The zero-order valence-electron chi connectivity index (χ0n) is 10.7. The monoisotopic (exact) mass is 304 g/mol. The van der Waals surface area contributed by atoms with E-state index in [2.05, 4.69) is 16.6 Å². The summed E-state index contributed by atoms with van der Waals surface area (Å²) < 4.78 is 40.1. The van der Waals surface area contributed by atoms with Gasteiger partial charge in [0.1, 0.15) is 0 Å². The quantitative estimate of drug-likeness (QED) is 0.906. The molecule has 2 unspecified atom stereocenters. The fraction of sp³-hybridized carbons (Fsp3) is 0.583. The van der Waals surface area contributed by atoms with Crippen LogP contribution < -0.4 is 4.72 Å². The van der Waals surface area contributed by atoms with Crippen molar-refractivity contribution in [1.82, 2.24) is 9.71 Å². The van der Waals surface area contributed by atoms with Crippen molar-refractivity contribution in [2.75, 3.05) is 5.75 Å². The lowest BCUT2D eigenvalue weighted by Gasteiger charge is -2.13. The average Bonchev–Trinajstić information content (AvgIpc) is 2.76. The second-order valence-electron chi connectivity index (χ2n) is 4.50. The van der Waals surface area contributed by atoms with Gasteiger partial charge in [-0.2, -0.15) is 11.8 Å². The fourth-order valence-corrected chi connectivity index (χ4v) is 4.71. The molecule has 1 fully saturated rings. The van der Waals surface area contributed by atoms with Gasteiger partial charge >= 0.3 is 0 Å². The molecule has 2 atom stereocenters. The van der Waals surface area contributed by atoms with Gasteiger partial charge in [-0.05, 0) is 37.1 Å². The van der Waals surface area contributed by atoms with Crippen LogP contribution in [0.3, 0.4) is 0 Å². The van der Waals surface area contributed by atoms with E-state index in [1.54, 1.807) is 0 Å². The molecule has 0 bridgehead atoms. The Morgan fingerprint density at radius 3 is 3.00 bits per heavy atom. The highest BCUT2D eigenvalue weighted by atomic mass is 32.2. The molecule has 7 heteroatoms. The Morgan fingerprint density at radius 1 is 1.53 bits per heavy atom. The van der Waals surface area contributed by atoms with Gasteiger partial charge in [-0.1, -0.05) is 6.92 Å². The molecule has 0 radical (unpaired) electrons. The molecule has 0 amide bonds. The van der Waals surface area contributed by atoms with Crippen LogP contribution >= 0.6 is 11.8 Å². The third-order valence-corrected chi connectivity index (χ3v) is 5.77. The molecular weight excluding hydrogens is 287 g/mol. The van der Waals surface area contributed by atoms with Crippen LogP contribution in [-0.4, -0.2) is 30.4 Å². The highest BCUT2D eigenvalue weighted by molar-refractivity contribution is 7.99. The molecule has 19 heavy (non-hydrogen) atoms. The Labute approximate surface area is 117 Å². The zero-order chi connectivity index (χ0) is 13.9. The molecule has 1 aliphatic rings. The molecule has 0 aliphatic heterocycles. The number of pyridine rings is 1. The molecule has 4 nitrogen and oxygen atoms in total. The Hall–Kier alpha value is -0.660. The summed E-state index contributed by atoms with van der Waals surface area (Å²) in [4.78, 5) is 3.62. The SMILES string of the molecule is CCSC1CCC(NS(=O)(=O)c2ncccc2F)C1. The van der Waals surface area contributed by atoms with Crippen LogP contribution in [0.25, 0.3) is 0 Å². The lowest BCUT2D eigenvalue weighted by atomic mass is 10.3. The summed E-state index contributed by atoms with van der Waals surface area (Å²) in [7, 11) is -3.86. The number of halogens is 1. The maximum absolute atomic E-state index is 13.5. The number of nitrogens with one attached hydrogen (secondary N) is 1. The van der Waals surface area contributed by atoms with E-state index in [9.17, 15) is 12.8 Å². The summed E-state index contributed by atoms with van der Waals surface area (Å²) >= 11 is 1.84. The van der Waals surface area contributed by atoms with Crippen LogP contribution in [0.1, 0.15) is 26.2 Å². The number of nitrogens with zero attached hydrogens (tertiary/aromatic N) is 1. The molecule has 2 rings (SSSR count). The van der Waals surface area contributed by atoms with Crippen molar-refractivity contribution >= 4 is 21.8 Å². The number of thioether (sulfide) groups is 1. The van der Waals surface area contributed by atoms with Gasteiger partial charge in [0.05, 0.1) is 0 Å².